The molecule has 4 heteroatoms. The molecule has 0 fully saturated rings. The molecule has 2 aromatic carbocycles. The monoisotopic (exact) mass is 286 g/mol. The summed E-state index contributed by atoms with van der Waals surface area (Å²) < 4.78 is 12.9. The summed E-state index contributed by atoms with van der Waals surface area (Å²) in [4.78, 5) is 12.0. The van der Waals surface area contributed by atoms with Crippen molar-refractivity contribution in [3.05, 3.63) is 65.5 Å². The van der Waals surface area contributed by atoms with Gasteiger partial charge in [0.25, 0.3) is 0 Å². The summed E-state index contributed by atoms with van der Waals surface area (Å²) in [7, 11) is 0. The molecule has 0 saturated heterocycles. The molecule has 0 radical (unpaired) electrons. The third-order valence-corrected chi connectivity index (χ3v) is 3.42. The van der Waals surface area contributed by atoms with Gasteiger partial charge in [-0.1, -0.05) is 30.3 Å². The first kappa shape index (κ1) is 15.0. The van der Waals surface area contributed by atoms with Gasteiger partial charge in [-0.3, -0.25) is 4.79 Å². The lowest BCUT2D eigenvalue weighted by Crippen LogP contribution is -2.26. The van der Waals surface area contributed by atoms with Crippen LogP contribution in [-0.4, -0.2) is 5.91 Å². The van der Waals surface area contributed by atoms with Crippen LogP contribution in [-0.2, 0) is 11.2 Å². The van der Waals surface area contributed by atoms with Gasteiger partial charge in [-0.05, 0) is 42.7 Å². The number of nitrogens with two attached hydrogens (primary N) is 1. The summed E-state index contributed by atoms with van der Waals surface area (Å²) in [6.07, 6.45) is 0.981. The van der Waals surface area contributed by atoms with E-state index in [1.165, 1.54) is 12.1 Å². The van der Waals surface area contributed by atoms with Crippen molar-refractivity contribution >= 4 is 11.6 Å². The second kappa shape index (κ2) is 6.88. The van der Waals surface area contributed by atoms with Gasteiger partial charge < -0.3 is 11.1 Å². The summed E-state index contributed by atoms with van der Waals surface area (Å²) >= 11 is 0. The molecular weight excluding hydrogens is 267 g/mol. The Hall–Kier alpha value is -2.36. The van der Waals surface area contributed by atoms with Crippen molar-refractivity contribution in [1.29, 1.82) is 0 Å². The van der Waals surface area contributed by atoms with Gasteiger partial charge in [0.1, 0.15) is 5.82 Å². The number of halogens is 1. The summed E-state index contributed by atoms with van der Waals surface area (Å²) in [5.74, 6) is -0.327. The first-order valence-corrected chi connectivity index (χ1v) is 6.94. The number of carbonyl (C=O) groups excluding carboxylic acids is 1. The Morgan fingerprint density at radius 3 is 2.52 bits per heavy atom. The quantitative estimate of drug-likeness (QED) is 0.829. The molecule has 3 nitrogen and oxygen atoms in total. The SMILES string of the molecule is C[C@@H](NC(=O)CCc1ccccc1N)c1ccc(F)cc1. The number of hydrogen-bond donors (Lipinski definition) is 2. The van der Waals surface area contributed by atoms with E-state index in [1.54, 1.807) is 12.1 Å². The van der Waals surface area contributed by atoms with Crippen molar-refractivity contribution in [2.24, 2.45) is 0 Å². The van der Waals surface area contributed by atoms with Gasteiger partial charge in [0.05, 0.1) is 6.04 Å². The topological polar surface area (TPSA) is 55.1 Å². The minimum absolute atomic E-state index is 0.0462. The van der Waals surface area contributed by atoms with Gasteiger partial charge >= 0.3 is 0 Å². The van der Waals surface area contributed by atoms with Crippen molar-refractivity contribution < 1.29 is 9.18 Å². The van der Waals surface area contributed by atoms with E-state index in [1.807, 2.05) is 31.2 Å². The maximum absolute atomic E-state index is 12.9. The molecule has 0 unspecified atom stereocenters. The molecule has 2 rings (SSSR count). The lowest BCUT2D eigenvalue weighted by atomic mass is 10.1. The molecule has 3 N–H and O–H groups in total. The molecule has 1 atom stereocenters. The third kappa shape index (κ3) is 4.31. The Kier molecular flexibility index (Phi) is 4.93. The van der Waals surface area contributed by atoms with Crippen LogP contribution in [0.1, 0.15) is 30.5 Å². The van der Waals surface area contributed by atoms with E-state index < -0.39 is 0 Å². The van der Waals surface area contributed by atoms with Gasteiger partial charge in [-0.15, -0.1) is 0 Å². The molecule has 1 amide bonds. The molecule has 0 bridgehead atoms. The van der Waals surface area contributed by atoms with Crippen LogP contribution >= 0.6 is 0 Å². The van der Waals surface area contributed by atoms with Gasteiger partial charge in [0, 0.05) is 12.1 Å². The molecule has 0 aromatic heterocycles. The van der Waals surface area contributed by atoms with E-state index in [-0.39, 0.29) is 17.8 Å². The highest BCUT2D eigenvalue weighted by Crippen LogP contribution is 2.15. The number of nitrogens with one attached hydrogen (secondary N) is 1. The van der Waals surface area contributed by atoms with Gasteiger partial charge in [-0.25, -0.2) is 4.39 Å². The summed E-state index contributed by atoms with van der Waals surface area (Å²) in [5.41, 5.74) is 8.40. The van der Waals surface area contributed by atoms with E-state index in [4.69, 9.17) is 5.73 Å². The molecule has 0 saturated carbocycles. The van der Waals surface area contributed by atoms with Crippen molar-refractivity contribution in [2.45, 2.75) is 25.8 Å². The average molecular weight is 286 g/mol. The molecule has 0 heterocycles. The van der Waals surface area contributed by atoms with Crippen molar-refractivity contribution in [3.63, 3.8) is 0 Å². The standard InChI is InChI=1S/C17H19FN2O/c1-12(13-6-9-15(18)10-7-13)20-17(21)11-8-14-4-2-3-5-16(14)19/h2-7,9-10,12H,8,11,19H2,1H3,(H,20,21)/t12-/m1/s1. The number of para-hydroxylation sites is 1. The highest BCUT2D eigenvalue weighted by Gasteiger charge is 2.10. The predicted octanol–water partition coefficient (Wildman–Crippen LogP) is 3.22. The van der Waals surface area contributed by atoms with E-state index in [2.05, 4.69) is 5.32 Å². The second-order valence-electron chi connectivity index (χ2n) is 5.04. The van der Waals surface area contributed by atoms with Gasteiger partial charge in [0.15, 0.2) is 0 Å². The van der Waals surface area contributed by atoms with Crippen LogP contribution in [0.2, 0.25) is 0 Å². The van der Waals surface area contributed by atoms with E-state index >= 15 is 0 Å². The highest BCUT2D eigenvalue weighted by atomic mass is 19.1. The molecule has 0 aliphatic carbocycles. The average Bonchev–Trinajstić information content (AvgIpc) is 2.47. The van der Waals surface area contributed by atoms with Crippen LogP contribution in [0.5, 0.6) is 0 Å². The van der Waals surface area contributed by atoms with E-state index in [0.29, 0.717) is 18.5 Å². The third-order valence-electron chi connectivity index (χ3n) is 3.42. The number of aryl methyl sites for hydroxylation is 1. The van der Waals surface area contributed by atoms with Crippen LogP contribution < -0.4 is 11.1 Å². The van der Waals surface area contributed by atoms with Crippen LogP contribution in [0.3, 0.4) is 0 Å². The molecule has 2 aromatic rings. The number of rotatable bonds is 5. The first-order valence-electron chi connectivity index (χ1n) is 6.94. The first-order chi connectivity index (χ1) is 10.1. The van der Waals surface area contributed by atoms with Crippen molar-refractivity contribution in [1.82, 2.24) is 5.32 Å². The Balaban J connectivity index is 1.87. The molecule has 0 aliphatic heterocycles. The fraction of sp³-hybridized carbons (Fsp3) is 0.235. The smallest absolute Gasteiger partial charge is 0.220 e. The fourth-order valence-corrected chi connectivity index (χ4v) is 2.16. The highest BCUT2D eigenvalue weighted by molar-refractivity contribution is 5.77. The summed E-state index contributed by atoms with van der Waals surface area (Å²) in [6, 6.07) is 13.5. The van der Waals surface area contributed by atoms with Crippen LogP contribution in [0, 0.1) is 5.82 Å². The van der Waals surface area contributed by atoms with Crippen molar-refractivity contribution in [2.75, 3.05) is 5.73 Å². The largest absolute Gasteiger partial charge is 0.399 e. The Labute approximate surface area is 124 Å². The maximum atomic E-state index is 12.9. The number of benzene rings is 2. The van der Waals surface area contributed by atoms with Gasteiger partial charge in [-0.2, -0.15) is 0 Å². The molecule has 0 spiro atoms. The number of nitrogen functional groups attached to an aromatic ring is 1. The maximum Gasteiger partial charge on any atom is 0.220 e. The number of hydrogen-bond acceptors (Lipinski definition) is 2. The van der Waals surface area contributed by atoms with E-state index in [0.717, 1.165) is 11.1 Å². The predicted molar refractivity (Wildman–Crippen MR) is 82.1 cm³/mol. The summed E-state index contributed by atoms with van der Waals surface area (Å²) in [5, 5.41) is 2.90. The zero-order valence-electron chi connectivity index (χ0n) is 12.0. The van der Waals surface area contributed by atoms with Crippen LogP contribution in [0.4, 0.5) is 10.1 Å². The number of anilines is 1. The minimum atomic E-state index is -0.281. The minimum Gasteiger partial charge on any atom is -0.399 e. The summed E-state index contributed by atoms with van der Waals surface area (Å²) in [6.45, 7) is 1.88. The molecule has 0 aliphatic rings. The van der Waals surface area contributed by atoms with Gasteiger partial charge in [0.2, 0.25) is 5.91 Å². The molecular formula is C17H19FN2O. The Bertz CT molecular complexity index is 610. The number of carbonyl (C=O) groups is 1. The zero-order valence-corrected chi connectivity index (χ0v) is 12.0. The van der Waals surface area contributed by atoms with Crippen LogP contribution in [0.25, 0.3) is 0 Å². The zero-order chi connectivity index (χ0) is 15.2. The Morgan fingerprint density at radius 2 is 1.86 bits per heavy atom. The number of amides is 1. The van der Waals surface area contributed by atoms with E-state index in [9.17, 15) is 9.18 Å². The lowest BCUT2D eigenvalue weighted by Gasteiger charge is -2.14. The Morgan fingerprint density at radius 1 is 1.19 bits per heavy atom. The normalized spacial score (nSPS) is 11.9. The van der Waals surface area contributed by atoms with Crippen molar-refractivity contribution in [3.8, 4) is 0 Å². The lowest BCUT2D eigenvalue weighted by molar-refractivity contribution is -0.121. The molecule has 110 valence electrons. The van der Waals surface area contributed by atoms with Crippen LogP contribution in [0.15, 0.2) is 48.5 Å². The fourth-order valence-electron chi connectivity index (χ4n) is 2.16. The second-order valence-corrected chi connectivity index (χ2v) is 5.04. The molecule has 21 heavy (non-hydrogen) atoms.